The monoisotopic (exact) mass is 326 g/mol. The number of aromatic nitrogens is 2. The number of carboxylic acids is 1. The molecule has 0 spiro atoms. The van der Waals surface area contributed by atoms with Gasteiger partial charge in [-0.25, -0.2) is 9.07 Å². The van der Waals surface area contributed by atoms with Gasteiger partial charge in [0.25, 0.3) is 0 Å². The third-order valence-electron chi connectivity index (χ3n) is 3.18. The second kappa shape index (κ2) is 5.69. The van der Waals surface area contributed by atoms with Gasteiger partial charge >= 0.3 is 5.97 Å². The van der Waals surface area contributed by atoms with Gasteiger partial charge in [0.1, 0.15) is 16.5 Å². The van der Waals surface area contributed by atoms with Crippen LogP contribution in [0.15, 0.2) is 29.3 Å². The van der Waals surface area contributed by atoms with Crippen molar-refractivity contribution in [1.29, 1.82) is 0 Å². The molecule has 0 unspecified atom stereocenters. The van der Waals surface area contributed by atoms with E-state index in [1.54, 1.807) is 6.07 Å². The summed E-state index contributed by atoms with van der Waals surface area (Å²) in [7, 11) is 0. The van der Waals surface area contributed by atoms with Crippen LogP contribution in [0.25, 0.3) is 5.69 Å². The van der Waals surface area contributed by atoms with Crippen LogP contribution in [0.3, 0.4) is 0 Å². The fraction of sp³-hybridized carbons (Fsp3) is 0.286. The molecule has 1 aromatic heterocycles. The summed E-state index contributed by atoms with van der Waals surface area (Å²) in [5.41, 5.74) is 1.03. The second-order valence-electron chi connectivity index (χ2n) is 4.85. The minimum absolute atomic E-state index is 0.109. The molecule has 1 saturated carbocycles. The van der Waals surface area contributed by atoms with E-state index in [1.807, 2.05) is 6.07 Å². The molecule has 1 heterocycles. The number of para-hydroxylation sites is 1. The van der Waals surface area contributed by atoms with Crippen LogP contribution in [-0.2, 0) is 4.79 Å². The van der Waals surface area contributed by atoms with E-state index in [0.717, 1.165) is 30.3 Å². The molecule has 1 aliphatic rings. The van der Waals surface area contributed by atoms with Crippen molar-refractivity contribution in [3.8, 4) is 5.69 Å². The molecule has 2 aromatic rings. The van der Waals surface area contributed by atoms with Crippen LogP contribution in [0.4, 0.5) is 4.39 Å². The Bertz CT molecular complexity index is 680. The number of benzene rings is 1. The Balaban J connectivity index is 2.04. The van der Waals surface area contributed by atoms with Gasteiger partial charge in [-0.3, -0.25) is 4.79 Å². The Morgan fingerprint density at radius 2 is 2.29 bits per heavy atom. The topological polar surface area (TPSA) is 55.1 Å². The van der Waals surface area contributed by atoms with Gasteiger partial charge in [0.2, 0.25) is 0 Å². The highest BCUT2D eigenvalue weighted by Gasteiger charge is 2.28. The Morgan fingerprint density at radius 3 is 2.90 bits per heavy atom. The van der Waals surface area contributed by atoms with E-state index >= 15 is 0 Å². The number of carbonyl (C=O) groups is 1. The van der Waals surface area contributed by atoms with Crippen LogP contribution in [0.2, 0.25) is 5.02 Å². The first kappa shape index (κ1) is 14.4. The van der Waals surface area contributed by atoms with Gasteiger partial charge < -0.3 is 5.11 Å². The summed E-state index contributed by atoms with van der Waals surface area (Å²) in [6, 6.07) is 6.25. The molecule has 0 atom stereocenters. The summed E-state index contributed by atoms with van der Waals surface area (Å²) in [6.45, 7) is 0. The van der Waals surface area contributed by atoms with Gasteiger partial charge in [-0.15, -0.1) is 0 Å². The van der Waals surface area contributed by atoms with Gasteiger partial charge in [-0.1, -0.05) is 29.4 Å². The van der Waals surface area contributed by atoms with Crippen LogP contribution in [0.1, 0.15) is 24.5 Å². The Hall–Kier alpha value is -1.53. The maximum absolute atomic E-state index is 14.1. The van der Waals surface area contributed by atoms with Crippen LogP contribution in [-0.4, -0.2) is 26.6 Å². The van der Waals surface area contributed by atoms with E-state index in [2.05, 4.69) is 5.10 Å². The summed E-state index contributed by atoms with van der Waals surface area (Å²) in [6.07, 6.45) is 2.12. The fourth-order valence-electron chi connectivity index (χ4n) is 2.05. The predicted octanol–water partition coefficient (Wildman–Crippen LogP) is 3.72. The van der Waals surface area contributed by atoms with Crippen molar-refractivity contribution in [2.24, 2.45) is 0 Å². The van der Waals surface area contributed by atoms with Gasteiger partial charge in [-0.2, -0.15) is 5.10 Å². The first-order valence-corrected chi connectivity index (χ1v) is 7.81. The predicted molar refractivity (Wildman–Crippen MR) is 78.9 cm³/mol. The molecule has 4 nitrogen and oxygen atoms in total. The second-order valence-corrected chi connectivity index (χ2v) is 6.25. The lowest BCUT2D eigenvalue weighted by atomic mass is 10.3. The minimum Gasteiger partial charge on any atom is -0.481 e. The van der Waals surface area contributed by atoms with E-state index in [0.29, 0.717) is 10.9 Å². The van der Waals surface area contributed by atoms with E-state index in [4.69, 9.17) is 16.7 Å². The summed E-state index contributed by atoms with van der Waals surface area (Å²) in [5.74, 6) is -1.13. The number of hydrogen-bond donors (Lipinski definition) is 1. The smallest absolute Gasteiger partial charge is 0.313 e. The molecule has 0 amide bonds. The molecule has 21 heavy (non-hydrogen) atoms. The summed E-state index contributed by atoms with van der Waals surface area (Å²) < 4.78 is 15.5. The van der Waals surface area contributed by atoms with E-state index < -0.39 is 11.8 Å². The Labute approximate surface area is 129 Å². The van der Waals surface area contributed by atoms with Crippen molar-refractivity contribution in [3.63, 3.8) is 0 Å². The van der Waals surface area contributed by atoms with Crippen LogP contribution in [0.5, 0.6) is 0 Å². The van der Waals surface area contributed by atoms with Gasteiger partial charge in [0.05, 0.1) is 16.5 Å². The maximum atomic E-state index is 14.1. The highest BCUT2D eigenvalue weighted by Crippen LogP contribution is 2.41. The molecule has 1 aliphatic carbocycles. The third kappa shape index (κ3) is 3.06. The van der Waals surface area contributed by atoms with Gasteiger partial charge in [0, 0.05) is 5.92 Å². The summed E-state index contributed by atoms with van der Waals surface area (Å²) in [4.78, 5) is 10.8. The number of rotatable bonds is 5. The summed E-state index contributed by atoms with van der Waals surface area (Å²) in [5, 5.41) is 14.1. The highest BCUT2D eigenvalue weighted by molar-refractivity contribution is 7.99. The van der Waals surface area contributed by atoms with E-state index in [1.165, 1.54) is 16.8 Å². The summed E-state index contributed by atoms with van der Waals surface area (Å²) >= 11 is 7.19. The van der Waals surface area contributed by atoms with Crippen molar-refractivity contribution in [3.05, 3.63) is 40.8 Å². The van der Waals surface area contributed by atoms with Crippen LogP contribution < -0.4 is 0 Å². The molecule has 1 N–H and O–H groups in total. The fourth-order valence-corrected chi connectivity index (χ4v) is 3.02. The highest BCUT2D eigenvalue weighted by atomic mass is 35.5. The molecular formula is C14H12ClFN2O2S. The van der Waals surface area contributed by atoms with Gasteiger partial charge in [-0.05, 0) is 31.0 Å². The van der Waals surface area contributed by atoms with Crippen LogP contribution in [0, 0.1) is 5.82 Å². The SMILES string of the molecule is O=C(O)CSc1cc(C2CC2)nn1-c1c(F)cccc1Cl. The van der Waals surface area contributed by atoms with E-state index in [-0.39, 0.29) is 16.5 Å². The molecule has 0 aliphatic heterocycles. The van der Waals surface area contributed by atoms with E-state index in [9.17, 15) is 9.18 Å². The average Bonchev–Trinajstić information content (AvgIpc) is 3.18. The standard InChI is InChI=1S/C14H12ClFN2O2S/c15-9-2-1-3-10(16)14(9)18-12(21-7-13(19)20)6-11(17-18)8-4-5-8/h1-3,6,8H,4-5,7H2,(H,19,20). The molecule has 0 saturated heterocycles. The third-order valence-corrected chi connectivity index (χ3v) is 4.47. The first-order valence-electron chi connectivity index (χ1n) is 6.45. The first-order chi connectivity index (χ1) is 10.1. The molecule has 1 aromatic carbocycles. The molecule has 0 radical (unpaired) electrons. The van der Waals surface area contributed by atoms with Crippen molar-refractivity contribution in [1.82, 2.24) is 9.78 Å². The molecule has 7 heteroatoms. The zero-order chi connectivity index (χ0) is 15.0. The molecule has 1 fully saturated rings. The van der Waals surface area contributed by atoms with Crippen molar-refractivity contribution in [2.45, 2.75) is 23.8 Å². The van der Waals surface area contributed by atoms with Gasteiger partial charge in [0.15, 0.2) is 0 Å². The Morgan fingerprint density at radius 1 is 1.52 bits per heavy atom. The molecule has 3 rings (SSSR count). The molecule has 110 valence electrons. The number of carboxylic acid groups (broad SMARTS) is 1. The quantitative estimate of drug-likeness (QED) is 0.851. The zero-order valence-electron chi connectivity index (χ0n) is 10.9. The minimum atomic E-state index is -0.930. The number of aliphatic carboxylic acids is 1. The van der Waals surface area contributed by atoms with Crippen molar-refractivity contribution < 1.29 is 14.3 Å². The molecular weight excluding hydrogens is 315 g/mol. The normalized spacial score (nSPS) is 14.4. The molecule has 0 bridgehead atoms. The lowest BCUT2D eigenvalue weighted by molar-refractivity contribution is -0.133. The largest absolute Gasteiger partial charge is 0.481 e. The number of hydrogen-bond acceptors (Lipinski definition) is 3. The van der Waals surface area contributed by atoms with Crippen molar-refractivity contribution >= 4 is 29.3 Å². The lowest BCUT2D eigenvalue weighted by Crippen LogP contribution is -2.05. The maximum Gasteiger partial charge on any atom is 0.313 e. The lowest BCUT2D eigenvalue weighted by Gasteiger charge is -2.09. The number of nitrogens with zero attached hydrogens (tertiary/aromatic N) is 2. The number of halogens is 2. The zero-order valence-corrected chi connectivity index (χ0v) is 12.5. The average molecular weight is 327 g/mol. The number of thioether (sulfide) groups is 1. The van der Waals surface area contributed by atoms with Crippen LogP contribution >= 0.6 is 23.4 Å². The Kier molecular flexibility index (Phi) is 3.91. The van der Waals surface area contributed by atoms with Crippen molar-refractivity contribution in [2.75, 3.05) is 5.75 Å².